The van der Waals surface area contributed by atoms with E-state index in [1.165, 1.54) is 12.1 Å². The second-order valence-electron chi connectivity index (χ2n) is 9.96. The van der Waals surface area contributed by atoms with Crippen LogP contribution < -0.4 is 16.8 Å². The number of carbonyl (C=O) groups is 2. The number of hydrogen-bond donors (Lipinski definition) is 5. The number of nitrogens with one attached hydrogen (secondary N) is 2. The molecule has 4 rings (SSSR count). The van der Waals surface area contributed by atoms with Gasteiger partial charge in [-0.2, -0.15) is 0 Å². The van der Waals surface area contributed by atoms with E-state index in [0.29, 0.717) is 42.2 Å². The molecule has 10 heteroatoms. The van der Waals surface area contributed by atoms with Crippen molar-refractivity contribution >= 4 is 38.3 Å². The number of aliphatic carboxylic acids is 1. The maximum atomic E-state index is 14.0. The molecule has 1 amide bonds. The topological polar surface area (TPSA) is 176 Å². The van der Waals surface area contributed by atoms with Crippen LogP contribution in [0.15, 0.2) is 71.6 Å². The number of nitrogen functional groups attached to an aromatic ring is 1. The van der Waals surface area contributed by atoms with Crippen LogP contribution in [-0.4, -0.2) is 42.7 Å². The van der Waals surface area contributed by atoms with Gasteiger partial charge in [-0.3, -0.25) is 15.0 Å². The van der Waals surface area contributed by atoms with Gasteiger partial charge in [-0.1, -0.05) is 48.5 Å². The molecule has 0 aromatic heterocycles. The molecular weight excluding hydrogens is 504 g/mol. The fraction of sp³-hybridized carbons (Fsp3) is 0.321. The van der Waals surface area contributed by atoms with Gasteiger partial charge < -0.3 is 21.9 Å². The number of sulfone groups is 1. The fourth-order valence-electron chi connectivity index (χ4n) is 4.99. The first-order valence-electron chi connectivity index (χ1n) is 12.5. The summed E-state index contributed by atoms with van der Waals surface area (Å²) in [5, 5.41) is 21.2. The average molecular weight is 537 g/mol. The van der Waals surface area contributed by atoms with E-state index in [9.17, 15) is 23.1 Å². The molecule has 1 atom stereocenters. The number of fused-ring (bicyclic) bond motifs is 1. The van der Waals surface area contributed by atoms with Gasteiger partial charge >= 0.3 is 5.97 Å². The average Bonchev–Trinajstić information content (AvgIpc) is 2.91. The third-order valence-corrected chi connectivity index (χ3v) is 9.51. The minimum atomic E-state index is -4.39. The van der Waals surface area contributed by atoms with Crippen LogP contribution in [0.4, 0.5) is 0 Å². The largest absolute Gasteiger partial charge is 0.481 e. The van der Waals surface area contributed by atoms with Crippen molar-refractivity contribution in [3.63, 3.8) is 0 Å². The number of nitrogens with two attached hydrogens (primary N) is 2. The molecule has 3 aromatic rings. The molecule has 7 N–H and O–H groups in total. The Labute approximate surface area is 221 Å². The molecule has 0 heterocycles. The first-order chi connectivity index (χ1) is 18.0. The lowest BCUT2D eigenvalue weighted by atomic mass is 9.82. The molecule has 3 aromatic carbocycles. The van der Waals surface area contributed by atoms with E-state index >= 15 is 0 Å². The van der Waals surface area contributed by atoms with E-state index in [1.54, 1.807) is 42.5 Å². The van der Waals surface area contributed by atoms with Crippen LogP contribution in [0.2, 0.25) is 0 Å². The molecule has 0 radical (unpaired) electrons. The molecule has 1 aliphatic carbocycles. The van der Waals surface area contributed by atoms with Gasteiger partial charge in [0.25, 0.3) is 5.91 Å². The highest BCUT2D eigenvalue weighted by atomic mass is 32.2. The Morgan fingerprint density at radius 3 is 2.32 bits per heavy atom. The summed E-state index contributed by atoms with van der Waals surface area (Å²) >= 11 is 0. The smallest absolute Gasteiger partial charge is 0.306 e. The fourth-order valence-corrected chi connectivity index (χ4v) is 6.62. The van der Waals surface area contributed by atoms with Crippen molar-refractivity contribution in [3.05, 3.63) is 77.9 Å². The zero-order valence-corrected chi connectivity index (χ0v) is 21.7. The highest BCUT2D eigenvalue weighted by Crippen LogP contribution is 2.31. The quantitative estimate of drug-likeness (QED) is 0.206. The van der Waals surface area contributed by atoms with Crippen molar-refractivity contribution < 1.29 is 23.1 Å². The number of carboxylic acids is 1. The summed E-state index contributed by atoms with van der Waals surface area (Å²) < 4.78 is 28.0. The summed E-state index contributed by atoms with van der Waals surface area (Å²) in [5.41, 5.74) is 13.0. The Balaban J connectivity index is 1.65. The van der Waals surface area contributed by atoms with Crippen LogP contribution in [0.5, 0.6) is 0 Å². The zero-order valence-electron chi connectivity index (χ0n) is 20.9. The minimum Gasteiger partial charge on any atom is -0.481 e. The molecule has 0 aliphatic heterocycles. The molecule has 9 nitrogen and oxygen atoms in total. The predicted octanol–water partition coefficient (Wildman–Crippen LogP) is 2.80. The highest BCUT2D eigenvalue weighted by Gasteiger charge is 2.48. The van der Waals surface area contributed by atoms with Crippen molar-refractivity contribution in [2.75, 3.05) is 6.54 Å². The minimum absolute atomic E-state index is 0.0308. The number of benzene rings is 3. The van der Waals surface area contributed by atoms with Gasteiger partial charge in [-0.15, -0.1) is 0 Å². The van der Waals surface area contributed by atoms with Gasteiger partial charge in [0.2, 0.25) is 14.7 Å². The van der Waals surface area contributed by atoms with E-state index in [4.69, 9.17) is 16.9 Å². The number of hydrogen-bond acceptors (Lipinski definition) is 6. The van der Waals surface area contributed by atoms with Gasteiger partial charge in [-0.25, -0.2) is 8.42 Å². The molecule has 1 saturated carbocycles. The number of carbonyl (C=O) groups excluding carboxylic acids is 1. The van der Waals surface area contributed by atoms with Crippen LogP contribution >= 0.6 is 0 Å². The normalized spacial score (nSPS) is 19.4. The molecule has 200 valence electrons. The van der Waals surface area contributed by atoms with Gasteiger partial charge in [0.1, 0.15) is 5.84 Å². The summed E-state index contributed by atoms with van der Waals surface area (Å²) in [6.07, 6.45) is 1.92. The van der Waals surface area contributed by atoms with E-state index in [-0.39, 0.29) is 29.6 Å². The van der Waals surface area contributed by atoms with Crippen LogP contribution in [-0.2, 0) is 25.8 Å². The molecular formula is C28H32N4O5S. The predicted molar refractivity (Wildman–Crippen MR) is 145 cm³/mol. The van der Waals surface area contributed by atoms with E-state index in [0.717, 1.165) is 5.39 Å². The Hall–Kier alpha value is -3.76. The SMILES string of the molecule is N=C(N)c1cccc(C[C@](N)(C(=O)NCC2CCC(C(=O)O)CC2)S(=O)(=O)c2ccc3ccccc3c2)c1. The summed E-state index contributed by atoms with van der Waals surface area (Å²) in [6, 6.07) is 18.4. The molecule has 0 spiro atoms. The first kappa shape index (κ1) is 27.3. The van der Waals surface area contributed by atoms with Crippen LogP contribution in [0.1, 0.15) is 36.8 Å². The summed E-state index contributed by atoms with van der Waals surface area (Å²) in [6.45, 7) is 0.199. The van der Waals surface area contributed by atoms with Crippen LogP contribution in [0, 0.1) is 17.2 Å². The first-order valence-corrected chi connectivity index (χ1v) is 14.0. The van der Waals surface area contributed by atoms with Crippen molar-refractivity contribution in [1.82, 2.24) is 5.32 Å². The molecule has 0 bridgehead atoms. The van der Waals surface area contributed by atoms with Gasteiger partial charge in [-0.05, 0) is 66.1 Å². The third kappa shape index (κ3) is 5.56. The maximum Gasteiger partial charge on any atom is 0.306 e. The highest BCUT2D eigenvalue weighted by molar-refractivity contribution is 7.93. The molecule has 1 fully saturated rings. The Bertz CT molecular complexity index is 1480. The van der Waals surface area contributed by atoms with Crippen molar-refractivity contribution in [2.24, 2.45) is 23.3 Å². The molecule has 0 saturated heterocycles. The lowest BCUT2D eigenvalue weighted by Crippen LogP contribution is -2.61. The Kier molecular flexibility index (Phi) is 7.84. The van der Waals surface area contributed by atoms with E-state index in [1.807, 2.05) is 12.1 Å². The standard InChI is InChI=1S/C28H32N4O5S/c29-25(30)23-7-3-4-19(14-23)16-28(31,27(35)32-17-18-8-10-21(11-9-18)26(33)34)38(36,37)24-13-12-20-5-1-2-6-22(20)15-24/h1-7,12-15,18,21H,8-11,16-17,31H2,(H3,29,30)(H,32,35)(H,33,34)/t18?,21?,28-/m1/s1. The Morgan fingerprint density at radius 2 is 1.66 bits per heavy atom. The van der Waals surface area contributed by atoms with E-state index in [2.05, 4.69) is 5.32 Å². The number of rotatable bonds is 9. The van der Waals surface area contributed by atoms with Crippen molar-refractivity contribution in [3.8, 4) is 0 Å². The number of carboxylic acid groups (broad SMARTS) is 1. The third-order valence-electron chi connectivity index (χ3n) is 7.35. The molecule has 0 unspecified atom stereocenters. The van der Waals surface area contributed by atoms with Crippen molar-refractivity contribution in [2.45, 2.75) is 41.9 Å². The lowest BCUT2D eigenvalue weighted by Gasteiger charge is -2.31. The summed E-state index contributed by atoms with van der Waals surface area (Å²) in [5.74, 6) is -2.20. The second-order valence-corrected chi connectivity index (χ2v) is 12.2. The number of amidine groups is 1. The zero-order chi connectivity index (χ0) is 27.5. The van der Waals surface area contributed by atoms with Crippen molar-refractivity contribution in [1.29, 1.82) is 5.41 Å². The van der Waals surface area contributed by atoms with Gasteiger partial charge in [0.05, 0.1) is 10.8 Å². The van der Waals surface area contributed by atoms with Gasteiger partial charge in [0.15, 0.2) is 0 Å². The molecule has 38 heavy (non-hydrogen) atoms. The number of amides is 1. The van der Waals surface area contributed by atoms with Crippen LogP contribution in [0.25, 0.3) is 10.8 Å². The monoisotopic (exact) mass is 536 g/mol. The van der Waals surface area contributed by atoms with E-state index < -0.39 is 32.5 Å². The summed E-state index contributed by atoms with van der Waals surface area (Å²) in [4.78, 5) is 22.4. The van der Waals surface area contributed by atoms with Gasteiger partial charge in [0, 0.05) is 18.5 Å². The summed E-state index contributed by atoms with van der Waals surface area (Å²) in [7, 11) is -4.39. The molecule has 1 aliphatic rings. The van der Waals surface area contributed by atoms with Crippen LogP contribution in [0.3, 0.4) is 0 Å². The lowest BCUT2D eigenvalue weighted by molar-refractivity contribution is -0.143. The Morgan fingerprint density at radius 1 is 0.974 bits per heavy atom. The maximum absolute atomic E-state index is 14.0. The second kappa shape index (κ2) is 10.9.